The van der Waals surface area contributed by atoms with Gasteiger partial charge < -0.3 is 9.64 Å². The van der Waals surface area contributed by atoms with E-state index >= 15 is 0 Å². The molecule has 2 rings (SSSR count). The van der Waals surface area contributed by atoms with Gasteiger partial charge in [0.1, 0.15) is 6.56 Å². The Labute approximate surface area is 99.2 Å². The lowest BCUT2D eigenvalue weighted by atomic mass is 10.2. The lowest BCUT2D eigenvalue weighted by Gasteiger charge is -2.26. The lowest BCUT2D eigenvalue weighted by Crippen LogP contribution is -2.41. The van der Waals surface area contributed by atoms with Crippen LogP contribution in [0.5, 0.6) is 0 Å². The van der Waals surface area contributed by atoms with Crippen LogP contribution in [0.1, 0.15) is 8.22 Å². The Morgan fingerprint density at radius 3 is 2.86 bits per heavy atom. The van der Waals surface area contributed by atoms with E-state index in [0.717, 1.165) is 0 Å². The highest BCUT2D eigenvalue weighted by Gasteiger charge is 2.19. The van der Waals surface area contributed by atoms with E-state index in [1.165, 1.54) is 12.1 Å². The minimum absolute atomic E-state index is 0.0410. The molecule has 3 nitrogen and oxygen atoms in total. The van der Waals surface area contributed by atoms with E-state index in [0.29, 0.717) is 9.37 Å². The number of ether oxygens (including phenoxy) is 1. The zero-order chi connectivity index (χ0) is 15.3. The second kappa shape index (κ2) is 4.11. The molecule has 74 valence electrons. The third kappa shape index (κ3) is 1.96. The molecular formula is C10H10BrNO2. The second-order valence-corrected chi connectivity index (χ2v) is 3.45. The Balaban J connectivity index is 2.57. The van der Waals surface area contributed by atoms with Crippen LogP contribution in [0.25, 0.3) is 0 Å². The van der Waals surface area contributed by atoms with Gasteiger partial charge in [0, 0.05) is 16.7 Å². The molecule has 0 aromatic heterocycles. The number of hydrogen-bond donors (Lipinski definition) is 0. The van der Waals surface area contributed by atoms with Crippen LogP contribution in [0.4, 0.5) is 5.69 Å². The molecule has 1 fully saturated rings. The van der Waals surface area contributed by atoms with Gasteiger partial charge in [0.2, 0.25) is 0 Å². The molecule has 0 spiro atoms. The number of carbonyl (C=O) groups is 1. The molecule has 0 unspecified atom stereocenters. The van der Waals surface area contributed by atoms with E-state index in [1.807, 2.05) is 0 Å². The number of carbonyl (C=O) groups excluding carboxylic acids is 1. The number of rotatable bonds is 1. The van der Waals surface area contributed by atoms with E-state index in [4.69, 9.17) is 8.22 Å². The molecular weight excluding hydrogens is 246 g/mol. The van der Waals surface area contributed by atoms with Crippen LogP contribution in [0.15, 0.2) is 28.7 Å². The smallest absolute Gasteiger partial charge is 0.253 e. The van der Waals surface area contributed by atoms with Crippen molar-refractivity contribution in [1.29, 1.82) is 0 Å². The van der Waals surface area contributed by atoms with Gasteiger partial charge in [-0.15, -0.1) is 0 Å². The first-order valence-electron chi connectivity index (χ1n) is 6.79. The Kier molecular flexibility index (Phi) is 1.40. The van der Waals surface area contributed by atoms with Crippen molar-refractivity contribution in [2.75, 3.05) is 24.5 Å². The van der Waals surface area contributed by atoms with Crippen molar-refractivity contribution in [2.24, 2.45) is 0 Å². The SMILES string of the molecule is [2H]C1([2H])OC([2H])([2H])C([2H])([2H])N(c2ccc(Br)cc2)C1=O. The minimum atomic E-state index is -2.99. The van der Waals surface area contributed by atoms with E-state index in [1.54, 1.807) is 12.1 Å². The van der Waals surface area contributed by atoms with E-state index in [-0.39, 0.29) is 5.69 Å². The van der Waals surface area contributed by atoms with E-state index in [9.17, 15) is 4.79 Å². The summed E-state index contributed by atoms with van der Waals surface area (Å²) in [6.45, 7) is -8.77. The van der Waals surface area contributed by atoms with Crippen molar-refractivity contribution in [3.8, 4) is 0 Å². The fraction of sp³-hybridized carbons (Fsp3) is 0.300. The molecule has 1 amide bonds. The summed E-state index contributed by atoms with van der Waals surface area (Å²) in [5.41, 5.74) is 0.0410. The monoisotopic (exact) mass is 261 g/mol. The van der Waals surface area contributed by atoms with E-state index in [2.05, 4.69) is 20.7 Å². The average molecular weight is 262 g/mol. The van der Waals surface area contributed by atoms with Gasteiger partial charge >= 0.3 is 0 Å². The zero-order valence-corrected chi connectivity index (χ0v) is 8.54. The summed E-state index contributed by atoms with van der Waals surface area (Å²) < 4.78 is 50.5. The van der Waals surface area contributed by atoms with Crippen LogP contribution in [0.3, 0.4) is 0 Å². The Bertz CT molecular complexity index is 547. The van der Waals surface area contributed by atoms with Gasteiger partial charge in [0.05, 0.1) is 14.8 Å². The number of amides is 1. The summed E-state index contributed by atoms with van der Waals surface area (Å²) in [7, 11) is 0. The van der Waals surface area contributed by atoms with E-state index < -0.39 is 25.5 Å². The molecule has 1 aromatic carbocycles. The third-order valence-electron chi connectivity index (χ3n) is 1.63. The van der Waals surface area contributed by atoms with Crippen LogP contribution in [0.2, 0.25) is 0 Å². The molecule has 0 radical (unpaired) electrons. The first-order chi connectivity index (χ1) is 8.99. The molecule has 1 aliphatic rings. The predicted octanol–water partition coefficient (Wildman–Crippen LogP) is 1.81. The van der Waals surface area contributed by atoms with Crippen molar-refractivity contribution in [3.05, 3.63) is 28.7 Å². The van der Waals surface area contributed by atoms with Gasteiger partial charge in [-0.1, -0.05) is 15.9 Å². The molecule has 14 heavy (non-hydrogen) atoms. The van der Waals surface area contributed by atoms with Crippen molar-refractivity contribution in [1.82, 2.24) is 0 Å². The van der Waals surface area contributed by atoms with Gasteiger partial charge in [0.25, 0.3) is 5.91 Å². The molecule has 0 saturated carbocycles. The van der Waals surface area contributed by atoms with Crippen molar-refractivity contribution >= 4 is 27.5 Å². The molecule has 0 atom stereocenters. The summed E-state index contributed by atoms with van der Waals surface area (Å²) >= 11 is 3.19. The number of morpholine rings is 1. The predicted molar refractivity (Wildman–Crippen MR) is 57.3 cm³/mol. The number of anilines is 1. The number of hydrogen-bond acceptors (Lipinski definition) is 2. The standard InChI is InChI=1S/C10H10BrNO2/c11-8-1-3-9(4-2-8)12-5-6-14-7-10(12)13/h1-4H,5-7H2/i5D2,6D2,7D2. The summed E-state index contributed by atoms with van der Waals surface area (Å²) in [6, 6.07) is 5.85. The molecule has 4 heteroatoms. The van der Waals surface area contributed by atoms with Gasteiger partial charge in [-0.05, 0) is 24.3 Å². The summed E-state index contributed by atoms with van der Waals surface area (Å²) in [5, 5.41) is 0. The highest BCUT2D eigenvalue weighted by Crippen LogP contribution is 2.19. The maximum Gasteiger partial charge on any atom is 0.253 e. The lowest BCUT2D eigenvalue weighted by molar-refractivity contribution is -0.125. The van der Waals surface area contributed by atoms with Gasteiger partial charge in [-0.3, -0.25) is 4.79 Å². The van der Waals surface area contributed by atoms with Gasteiger partial charge in [0.15, 0.2) is 0 Å². The number of nitrogens with zero attached hydrogens (tertiary/aromatic N) is 1. The topological polar surface area (TPSA) is 29.5 Å². The molecule has 1 aromatic rings. The molecule has 0 bridgehead atoms. The summed E-state index contributed by atoms with van der Waals surface area (Å²) in [5.74, 6) is -1.29. The van der Waals surface area contributed by atoms with Crippen molar-refractivity contribution < 1.29 is 17.8 Å². The molecule has 1 aliphatic heterocycles. The Morgan fingerprint density at radius 2 is 2.14 bits per heavy atom. The molecule has 1 saturated heterocycles. The van der Waals surface area contributed by atoms with Crippen LogP contribution in [-0.4, -0.2) is 25.5 Å². The largest absolute Gasteiger partial charge is 0.370 e. The summed E-state index contributed by atoms with van der Waals surface area (Å²) in [4.78, 5) is 12.5. The highest BCUT2D eigenvalue weighted by atomic mass is 79.9. The van der Waals surface area contributed by atoms with Crippen molar-refractivity contribution in [3.63, 3.8) is 0 Å². The third-order valence-corrected chi connectivity index (χ3v) is 2.16. The summed E-state index contributed by atoms with van der Waals surface area (Å²) in [6.07, 6.45) is 0. The fourth-order valence-corrected chi connectivity index (χ4v) is 1.27. The number of halogens is 1. The second-order valence-electron chi connectivity index (χ2n) is 2.53. The van der Waals surface area contributed by atoms with Crippen molar-refractivity contribution in [2.45, 2.75) is 0 Å². The fourth-order valence-electron chi connectivity index (χ4n) is 1.01. The first-order valence-corrected chi connectivity index (χ1v) is 4.59. The van der Waals surface area contributed by atoms with Crippen LogP contribution >= 0.6 is 15.9 Å². The zero-order valence-electron chi connectivity index (χ0n) is 13.0. The van der Waals surface area contributed by atoms with Crippen LogP contribution in [-0.2, 0) is 9.53 Å². The molecule has 0 aliphatic carbocycles. The maximum absolute atomic E-state index is 12.0. The van der Waals surface area contributed by atoms with Crippen LogP contribution in [0, 0.1) is 0 Å². The quantitative estimate of drug-likeness (QED) is 0.772. The maximum atomic E-state index is 12.0. The molecule has 1 heterocycles. The first kappa shape index (κ1) is 4.77. The van der Waals surface area contributed by atoms with Gasteiger partial charge in [-0.2, -0.15) is 0 Å². The van der Waals surface area contributed by atoms with Crippen LogP contribution < -0.4 is 4.90 Å². The Hall–Kier alpha value is -0.870. The minimum Gasteiger partial charge on any atom is -0.370 e. The Morgan fingerprint density at radius 1 is 1.43 bits per heavy atom. The normalized spacial score (nSPS) is 34.4. The average Bonchev–Trinajstić information content (AvgIpc) is 2.28. The van der Waals surface area contributed by atoms with Gasteiger partial charge in [-0.25, -0.2) is 0 Å². The number of benzene rings is 1. The molecule has 0 N–H and O–H groups in total. The highest BCUT2D eigenvalue weighted by molar-refractivity contribution is 9.10.